The molecule has 5 aromatic rings. The first-order valence-electron chi connectivity index (χ1n) is 13.5. The average Bonchev–Trinajstić information content (AvgIpc) is 3.38. The van der Waals surface area contributed by atoms with Gasteiger partial charge in [-0.25, -0.2) is 0 Å². The summed E-state index contributed by atoms with van der Waals surface area (Å²) in [5, 5.41) is 9.48. The van der Waals surface area contributed by atoms with Gasteiger partial charge in [0.25, 0.3) is 5.56 Å². The van der Waals surface area contributed by atoms with Gasteiger partial charge in [-0.1, -0.05) is 54.6 Å². The standard InChI is InChI=1S/C31H32N6O2/c1-22-9-8-12-25(19-22)35-18-17-34(20-23(35)2)29(38)16-15-28-32-33-31-36(21-24-10-4-3-5-11-24)30(39)26-13-6-7-14-27(26)37(28)31/h3-14,19,23H,15-18,20-21H2,1-2H3/t23-/m0/s1. The Labute approximate surface area is 227 Å². The van der Waals surface area contributed by atoms with Crippen LogP contribution in [0.3, 0.4) is 0 Å². The van der Waals surface area contributed by atoms with Crippen molar-refractivity contribution in [1.29, 1.82) is 0 Å². The predicted octanol–water partition coefficient (Wildman–Crippen LogP) is 4.07. The maximum atomic E-state index is 13.4. The Morgan fingerprint density at radius 2 is 1.74 bits per heavy atom. The van der Waals surface area contributed by atoms with E-state index in [1.54, 1.807) is 4.57 Å². The Morgan fingerprint density at radius 1 is 0.949 bits per heavy atom. The van der Waals surface area contributed by atoms with Crippen molar-refractivity contribution >= 4 is 28.3 Å². The van der Waals surface area contributed by atoms with Crippen molar-refractivity contribution in [2.75, 3.05) is 24.5 Å². The summed E-state index contributed by atoms with van der Waals surface area (Å²) in [6, 6.07) is 26.1. The molecule has 0 spiro atoms. The molecule has 1 aliphatic rings. The Hall–Kier alpha value is -4.46. The van der Waals surface area contributed by atoms with E-state index in [-0.39, 0.29) is 17.5 Å². The Kier molecular flexibility index (Phi) is 6.60. The van der Waals surface area contributed by atoms with Crippen LogP contribution in [0.1, 0.15) is 30.3 Å². The number of rotatable bonds is 6. The van der Waals surface area contributed by atoms with Gasteiger partial charge >= 0.3 is 0 Å². The van der Waals surface area contributed by atoms with Crippen LogP contribution in [0.2, 0.25) is 0 Å². The fourth-order valence-electron chi connectivity index (χ4n) is 5.64. The van der Waals surface area contributed by atoms with Gasteiger partial charge in [0.15, 0.2) is 0 Å². The maximum Gasteiger partial charge on any atom is 0.263 e. The number of hydrogen-bond donors (Lipinski definition) is 0. The number of carbonyl (C=O) groups excluding carboxylic acids is 1. The second kappa shape index (κ2) is 10.4. The lowest BCUT2D eigenvalue weighted by atomic mass is 10.1. The molecule has 1 atom stereocenters. The van der Waals surface area contributed by atoms with Gasteiger partial charge in [-0.15, -0.1) is 10.2 Å². The van der Waals surface area contributed by atoms with E-state index in [1.165, 1.54) is 11.3 Å². The van der Waals surface area contributed by atoms with Crippen LogP contribution < -0.4 is 10.5 Å². The maximum absolute atomic E-state index is 13.4. The van der Waals surface area contributed by atoms with E-state index in [1.807, 2.05) is 63.9 Å². The smallest absolute Gasteiger partial charge is 0.263 e. The summed E-state index contributed by atoms with van der Waals surface area (Å²) in [5.41, 5.74) is 4.11. The molecule has 2 aromatic heterocycles. The van der Waals surface area contributed by atoms with Gasteiger partial charge in [-0.2, -0.15) is 0 Å². The van der Waals surface area contributed by atoms with Crippen molar-refractivity contribution in [2.45, 2.75) is 39.3 Å². The van der Waals surface area contributed by atoms with Crippen LogP contribution in [0.15, 0.2) is 83.7 Å². The third-order valence-corrected chi connectivity index (χ3v) is 7.63. The molecule has 0 aliphatic carbocycles. The number of hydrogen-bond acceptors (Lipinski definition) is 5. The number of amides is 1. The molecule has 39 heavy (non-hydrogen) atoms. The largest absolute Gasteiger partial charge is 0.365 e. The molecule has 3 heterocycles. The summed E-state index contributed by atoms with van der Waals surface area (Å²) in [6.45, 7) is 6.86. The fraction of sp³-hybridized carbons (Fsp3) is 0.290. The first-order chi connectivity index (χ1) is 19.0. The lowest BCUT2D eigenvalue weighted by molar-refractivity contribution is -0.131. The molecule has 0 saturated carbocycles. The van der Waals surface area contributed by atoms with Gasteiger partial charge in [-0.3, -0.25) is 18.6 Å². The summed E-state index contributed by atoms with van der Waals surface area (Å²) >= 11 is 0. The predicted molar refractivity (Wildman–Crippen MR) is 153 cm³/mol. The van der Waals surface area contributed by atoms with Gasteiger partial charge in [0.2, 0.25) is 11.7 Å². The molecule has 1 amide bonds. The lowest BCUT2D eigenvalue weighted by Crippen LogP contribution is -2.53. The molecule has 6 rings (SSSR count). The Morgan fingerprint density at radius 3 is 2.54 bits per heavy atom. The molecule has 0 unspecified atom stereocenters. The third kappa shape index (κ3) is 4.78. The number of aromatic nitrogens is 4. The zero-order valence-electron chi connectivity index (χ0n) is 22.3. The number of fused-ring (bicyclic) bond motifs is 3. The van der Waals surface area contributed by atoms with Crippen molar-refractivity contribution in [1.82, 2.24) is 24.1 Å². The highest BCUT2D eigenvalue weighted by molar-refractivity contribution is 5.81. The topological polar surface area (TPSA) is 75.7 Å². The van der Waals surface area contributed by atoms with Crippen LogP contribution in [0, 0.1) is 6.92 Å². The minimum atomic E-state index is -0.0996. The summed E-state index contributed by atoms with van der Waals surface area (Å²) in [6.07, 6.45) is 0.782. The van der Waals surface area contributed by atoms with Crippen LogP contribution >= 0.6 is 0 Å². The SMILES string of the molecule is Cc1cccc(N2CCN(C(=O)CCc3nnc4n(Cc5ccccc5)c(=O)c5ccccc5n34)C[C@@H]2C)c1. The van der Waals surface area contributed by atoms with E-state index in [0.29, 0.717) is 49.5 Å². The summed E-state index contributed by atoms with van der Waals surface area (Å²) in [5.74, 6) is 1.29. The molecule has 8 heteroatoms. The molecule has 0 bridgehead atoms. The van der Waals surface area contributed by atoms with Crippen molar-refractivity contribution in [2.24, 2.45) is 0 Å². The summed E-state index contributed by atoms with van der Waals surface area (Å²) < 4.78 is 3.60. The Bertz CT molecular complexity index is 1710. The molecule has 0 N–H and O–H groups in total. The van der Waals surface area contributed by atoms with Gasteiger partial charge in [0.1, 0.15) is 5.82 Å². The molecule has 1 fully saturated rings. The van der Waals surface area contributed by atoms with Crippen molar-refractivity contribution < 1.29 is 4.79 Å². The first kappa shape index (κ1) is 24.9. The second-order valence-electron chi connectivity index (χ2n) is 10.4. The molecule has 1 aliphatic heterocycles. The summed E-state index contributed by atoms with van der Waals surface area (Å²) in [4.78, 5) is 31.1. The van der Waals surface area contributed by atoms with Crippen LogP contribution in [0.4, 0.5) is 5.69 Å². The van der Waals surface area contributed by atoms with Gasteiger partial charge in [0, 0.05) is 44.2 Å². The number of benzene rings is 3. The number of para-hydroxylation sites is 1. The van der Waals surface area contributed by atoms with E-state index < -0.39 is 0 Å². The van der Waals surface area contributed by atoms with Gasteiger partial charge in [-0.05, 0) is 49.2 Å². The van der Waals surface area contributed by atoms with Crippen LogP contribution in [0.5, 0.6) is 0 Å². The highest BCUT2D eigenvalue weighted by Gasteiger charge is 2.27. The first-order valence-corrected chi connectivity index (χ1v) is 13.5. The van der Waals surface area contributed by atoms with E-state index in [2.05, 4.69) is 53.2 Å². The fourth-order valence-corrected chi connectivity index (χ4v) is 5.64. The third-order valence-electron chi connectivity index (χ3n) is 7.63. The average molecular weight is 521 g/mol. The van der Waals surface area contributed by atoms with E-state index >= 15 is 0 Å². The van der Waals surface area contributed by atoms with E-state index in [4.69, 9.17) is 0 Å². The number of piperazine rings is 1. The monoisotopic (exact) mass is 520 g/mol. The summed E-state index contributed by atoms with van der Waals surface area (Å²) in [7, 11) is 0. The molecule has 198 valence electrons. The normalized spacial score (nSPS) is 15.8. The number of nitrogens with zero attached hydrogens (tertiary/aromatic N) is 6. The van der Waals surface area contributed by atoms with Crippen molar-refractivity contribution in [3.63, 3.8) is 0 Å². The lowest BCUT2D eigenvalue weighted by Gasteiger charge is -2.41. The minimum absolute atomic E-state index is 0.0996. The zero-order chi connectivity index (χ0) is 26.9. The van der Waals surface area contributed by atoms with Crippen LogP contribution in [-0.4, -0.2) is 55.6 Å². The molecule has 3 aromatic carbocycles. The van der Waals surface area contributed by atoms with E-state index in [9.17, 15) is 9.59 Å². The minimum Gasteiger partial charge on any atom is -0.365 e. The van der Waals surface area contributed by atoms with Gasteiger partial charge < -0.3 is 9.80 Å². The zero-order valence-corrected chi connectivity index (χ0v) is 22.3. The Balaban J connectivity index is 1.23. The second-order valence-corrected chi connectivity index (χ2v) is 10.4. The highest BCUT2D eigenvalue weighted by Crippen LogP contribution is 2.22. The molecule has 8 nitrogen and oxygen atoms in total. The van der Waals surface area contributed by atoms with Gasteiger partial charge in [0.05, 0.1) is 17.4 Å². The quantitative estimate of drug-likeness (QED) is 0.337. The molecule has 0 radical (unpaired) electrons. The highest BCUT2D eigenvalue weighted by atomic mass is 16.2. The molecule has 1 saturated heterocycles. The molecular weight excluding hydrogens is 488 g/mol. The van der Waals surface area contributed by atoms with Crippen molar-refractivity contribution in [3.05, 3.63) is 106 Å². The van der Waals surface area contributed by atoms with Crippen LogP contribution in [0.25, 0.3) is 16.7 Å². The number of anilines is 1. The molecular formula is C31H32N6O2. The number of carbonyl (C=O) groups is 1. The van der Waals surface area contributed by atoms with Crippen LogP contribution in [-0.2, 0) is 17.8 Å². The van der Waals surface area contributed by atoms with E-state index in [0.717, 1.165) is 17.6 Å². The van der Waals surface area contributed by atoms with Crippen molar-refractivity contribution in [3.8, 4) is 0 Å². The number of aryl methyl sites for hydroxylation is 2.